The van der Waals surface area contributed by atoms with Gasteiger partial charge in [0, 0.05) is 11.0 Å². The third-order valence-electron chi connectivity index (χ3n) is 3.81. The molecule has 0 aliphatic carbocycles. The summed E-state index contributed by atoms with van der Waals surface area (Å²) in [4.78, 5) is 12.3. The van der Waals surface area contributed by atoms with Gasteiger partial charge in [-0.25, -0.2) is 4.79 Å². The Hall–Kier alpha value is -2.08. The monoisotopic (exact) mass is 342 g/mol. The quantitative estimate of drug-likeness (QED) is 0.624. The van der Waals surface area contributed by atoms with Crippen LogP contribution in [-0.2, 0) is 9.53 Å². The van der Waals surface area contributed by atoms with Crippen LogP contribution in [0, 0.1) is 0 Å². The molecular formula is C19H18O4S. The summed E-state index contributed by atoms with van der Waals surface area (Å²) < 4.78 is 5.26. The number of aliphatic hydroxyl groups is 2. The van der Waals surface area contributed by atoms with E-state index < -0.39 is 29.5 Å². The summed E-state index contributed by atoms with van der Waals surface area (Å²) in [6.07, 6.45) is 0.226. The fraction of sp³-hybridized carbons (Fsp3) is 0.211. The lowest BCUT2D eigenvalue weighted by Crippen LogP contribution is -2.38. The zero-order valence-electron chi connectivity index (χ0n) is 12.9. The number of rotatable bonds is 6. The maximum absolute atomic E-state index is 11.4. The van der Waals surface area contributed by atoms with Crippen LogP contribution in [0.1, 0.15) is 11.7 Å². The van der Waals surface area contributed by atoms with Gasteiger partial charge >= 0.3 is 5.97 Å². The first-order valence-corrected chi connectivity index (χ1v) is 8.55. The molecule has 0 saturated heterocycles. The van der Waals surface area contributed by atoms with Crippen molar-refractivity contribution in [3.8, 4) is 0 Å². The molecule has 2 unspecified atom stereocenters. The summed E-state index contributed by atoms with van der Waals surface area (Å²) in [6.45, 7) is 0. The molecule has 1 aliphatic rings. The molecule has 4 nitrogen and oxygen atoms in total. The zero-order valence-corrected chi connectivity index (χ0v) is 13.7. The summed E-state index contributed by atoms with van der Waals surface area (Å²) in [5.41, 5.74) is 0.622. The summed E-state index contributed by atoms with van der Waals surface area (Å²) >= 11 is 1.38. The van der Waals surface area contributed by atoms with Crippen LogP contribution in [0.2, 0.25) is 0 Å². The first-order chi connectivity index (χ1) is 11.6. The van der Waals surface area contributed by atoms with Crippen LogP contribution in [0.5, 0.6) is 0 Å². The summed E-state index contributed by atoms with van der Waals surface area (Å²) in [6, 6.07) is 18.5. The topological polar surface area (TPSA) is 66.8 Å². The van der Waals surface area contributed by atoms with Crippen molar-refractivity contribution in [2.75, 3.05) is 0 Å². The average molecular weight is 342 g/mol. The van der Waals surface area contributed by atoms with Gasteiger partial charge in [-0.1, -0.05) is 48.5 Å². The second-order valence-corrected chi connectivity index (χ2v) is 6.75. The molecule has 0 spiro atoms. The molecule has 0 amide bonds. The molecule has 0 saturated carbocycles. The lowest BCUT2D eigenvalue weighted by atomic mass is 9.99. The van der Waals surface area contributed by atoms with Crippen LogP contribution in [0.3, 0.4) is 0 Å². The Bertz CT molecular complexity index is 702. The van der Waals surface area contributed by atoms with E-state index in [4.69, 9.17) is 4.74 Å². The van der Waals surface area contributed by atoms with Crippen molar-refractivity contribution in [3.63, 3.8) is 0 Å². The number of thioether (sulfide) groups is 1. The van der Waals surface area contributed by atoms with E-state index in [0.29, 0.717) is 5.56 Å². The smallest absolute Gasteiger partial charge is 0.331 e. The Labute approximate surface area is 144 Å². The van der Waals surface area contributed by atoms with Crippen LogP contribution in [-0.4, -0.2) is 33.6 Å². The van der Waals surface area contributed by atoms with Gasteiger partial charge in [0.2, 0.25) is 0 Å². The van der Waals surface area contributed by atoms with E-state index in [2.05, 4.69) is 0 Å². The molecule has 1 aliphatic heterocycles. The van der Waals surface area contributed by atoms with Crippen molar-refractivity contribution in [2.45, 2.75) is 28.5 Å². The third kappa shape index (κ3) is 3.87. The normalized spacial score (nSPS) is 20.4. The Morgan fingerprint density at radius 2 is 1.58 bits per heavy atom. The first kappa shape index (κ1) is 16.8. The van der Waals surface area contributed by atoms with E-state index in [9.17, 15) is 15.0 Å². The molecule has 1 heterocycles. The molecule has 2 aromatic rings. The van der Waals surface area contributed by atoms with Gasteiger partial charge in [0.15, 0.2) is 0 Å². The van der Waals surface area contributed by atoms with E-state index in [-0.39, 0.29) is 0 Å². The Balaban J connectivity index is 1.83. The van der Waals surface area contributed by atoms with E-state index in [1.807, 2.05) is 36.4 Å². The standard InChI is InChI=1S/C19H18O4S/c20-16-12-11-15(23-16)19(24-14-9-5-2-6-10-14)18(22)17(21)13-7-3-1-4-8-13/h1-12,15,17-19,21-22H/t15?,17-,18-,19?/m1/s1. The summed E-state index contributed by atoms with van der Waals surface area (Å²) in [7, 11) is 0. The highest BCUT2D eigenvalue weighted by Crippen LogP contribution is 2.35. The van der Waals surface area contributed by atoms with Crippen molar-refractivity contribution in [1.82, 2.24) is 0 Å². The predicted molar refractivity (Wildman–Crippen MR) is 92.5 cm³/mol. The molecule has 0 fully saturated rings. The number of aliphatic hydroxyl groups excluding tert-OH is 2. The second kappa shape index (κ2) is 7.66. The second-order valence-electron chi connectivity index (χ2n) is 5.50. The van der Waals surface area contributed by atoms with Crippen LogP contribution in [0.25, 0.3) is 0 Å². The Kier molecular flexibility index (Phi) is 5.35. The van der Waals surface area contributed by atoms with Crippen molar-refractivity contribution in [3.05, 3.63) is 78.4 Å². The van der Waals surface area contributed by atoms with Crippen molar-refractivity contribution >= 4 is 17.7 Å². The number of benzene rings is 2. The zero-order chi connectivity index (χ0) is 16.9. The molecule has 0 radical (unpaired) electrons. The van der Waals surface area contributed by atoms with Crippen LogP contribution in [0.4, 0.5) is 0 Å². The highest BCUT2D eigenvalue weighted by atomic mass is 32.2. The lowest BCUT2D eigenvalue weighted by molar-refractivity contribution is -0.139. The highest BCUT2D eigenvalue weighted by molar-refractivity contribution is 8.00. The fourth-order valence-electron chi connectivity index (χ4n) is 2.58. The van der Waals surface area contributed by atoms with Crippen LogP contribution >= 0.6 is 11.8 Å². The molecule has 24 heavy (non-hydrogen) atoms. The van der Waals surface area contributed by atoms with Crippen molar-refractivity contribution in [1.29, 1.82) is 0 Å². The molecule has 3 rings (SSSR count). The number of hydrogen-bond donors (Lipinski definition) is 2. The van der Waals surface area contributed by atoms with Gasteiger partial charge in [0.05, 0.1) is 5.25 Å². The number of hydrogen-bond acceptors (Lipinski definition) is 5. The molecule has 2 N–H and O–H groups in total. The Morgan fingerprint density at radius 1 is 0.958 bits per heavy atom. The number of carbonyl (C=O) groups is 1. The largest absolute Gasteiger partial charge is 0.454 e. The predicted octanol–water partition coefficient (Wildman–Crippen LogP) is 2.72. The van der Waals surface area contributed by atoms with Crippen LogP contribution < -0.4 is 0 Å². The van der Waals surface area contributed by atoms with Gasteiger partial charge < -0.3 is 14.9 Å². The minimum absolute atomic E-state index is 0.430. The van der Waals surface area contributed by atoms with E-state index >= 15 is 0 Å². The van der Waals surface area contributed by atoms with E-state index in [0.717, 1.165) is 4.90 Å². The third-order valence-corrected chi connectivity index (χ3v) is 5.18. The summed E-state index contributed by atoms with van der Waals surface area (Å²) in [5, 5.41) is 20.8. The minimum atomic E-state index is -1.10. The maximum atomic E-state index is 11.4. The molecular weight excluding hydrogens is 324 g/mol. The number of ether oxygens (including phenoxy) is 1. The SMILES string of the molecule is O=C1C=CC(C(Sc2ccccc2)[C@H](O)[C@H](O)c2ccccc2)O1. The minimum Gasteiger partial charge on any atom is -0.454 e. The van der Waals surface area contributed by atoms with Gasteiger partial charge in [0.25, 0.3) is 0 Å². The van der Waals surface area contributed by atoms with Gasteiger partial charge in [-0.15, -0.1) is 11.8 Å². The van der Waals surface area contributed by atoms with Gasteiger partial charge in [0.1, 0.15) is 18.3 Å². The van der Waals surface area contributed by atoms with Crippen molar-refractivity contribution < 1.29 is 19.7 Å². The van der Waals surface area contributed by atoms with E-state index in [1.165, 1.54) is 17.8 Å². The Morgan fingerprint density at radius 3 is 2.17 bits per heavy atom. The molecule has 5 heteroatoms. The molecule has 4 atom stereocenters. The maximum Gasteiger partial charge on any atom is 0.331 e. The lowest BCUT2D eigenvalue weighted by Gasteiger charge is -2.29. The number of cyclic esters (lactones) is 1. The molecule has 0 bridgehead atoms. The number of esters is 1. The van der Waals surface area contributed by atoms with Gasteiger partial charge in [-0.3, -0.25) is 0 Å². The first-order valence-electron chi connectivity index (χ1n) is 7.67. The van der Waals surface area contributed by atoms with Crippen molar-refractivity contribution in [2.24, 2.45) is 0 Å². The van der Waals surface area contributed by atoms with Gasteiger partial charge in [-0.05, 0) is 23.8 Å². The number of carbonyl (C=O) groups excluding carboxylic acids is 1. The average Bonchev–Trinajstić information content (AvgIpc) is 3.06. The van der Waals surface area contributed by atoms with Gasteiger partial charge in [-0.2, -0.15) is 0 Å². The van der Waals surface area contributed by atoms with Crippen LogP contribution in [0.15, 0.2) is 77.7 Å². The molecule has 124 valence electrons. The van der Waals surface area contributed by atoms with E-state index in [1.54, 1.807) is 30.3 Å². The molecule has 0 aromatic heterocycles. The summed E-state index contributed by atoms with van der Waals surface area (Å²) in [5.74, 6) is -0.430. The highest BCUT2D eigenvalue weighted by Gasteiger charge is 2.37. The molecule has 2 aromatic carbocycles. The fourth-order valence-corrected chi connectivity index (χ4v) is 3.77.